The molecule has 0 bridgehead atoms. The van der Waals surface area contributed by atoms with Gasteiger partial charge in [-0.05, 0) is 26.9 Å². The monoisotopic (exact) mass is 340 g/mol. The van der Waals surface area contributed by atoms with E-state index in [1.54, 1.807) is 24.7 Å². The van der Waals surface area contributed by atoms with Gasteiger partial charge in [-0.1, -0.05) is 6.08 Å². The molecule has 132 valence electrons. The lowest BCUT2D eigenvalue weighted by molar-refractivity contribution is -0.127. The third-order valence-corrected chi connectivity index (χ3v) is 4.34. The van der Waals surface area contributed by atoms with E-state index in [0.717, 1.165) is 43.1 Å². The van der Waals surface area contributed by atoms with Crippen molar-refractivity contribution in [3.05, 3.63) is 42.6 Å². The first-order valence-corrected chi connectivity index (χ1v) is 8.48. The Morgan fingerprint density at radius 3 is 2.80 bits per heavy atom. The molecular weight excluding hydrogens is 316 g/mol. The van der Waals surface area contributed by atoms with Gasteiger partial charge in [0.25, 0.3) is 0 Å². The van der Waals surface area contributed by atoms with Gasteiger partial charge >= 0.3 is 0 Å². The van der Waals surface area contributed by atoms with Crippen molar-refractivity contribution >= 4 is 5.91 Å². The highest BCUT2D eigenvalue weighted by Crippen LogP contribution is 2.34. The van der Waals surface area contributed by atoms with E-state index in [1.807, 2.05) is 47.8 Å². The second-order valence-electron chi connectivity index (χ2n) is 6.51. The van der Waals surface area contributed by atoms with Crippen LogP contribution in [0.15, 0.2) is 36.9 Å². The summed E-state index contributed by atoms with van der Waals surface area (Å²) in [4.78, 5) is 30.0. The normalized spacial score (nSPS) is 17.8. The average molecular weight is 340 g/mol. The molecular formula is C18H24N6O. The van der Waals surface area contributed by atoms with E-state index >= 15 is 0 Å². The Hall–Kier alpha value is -2.54. The second-order valence-corrected chi connectivity index (χ2v) is 6.51. The van der Waals surface area contributed by atoms with Crippen molar-refractivity contribution < 1.29 is 4.79 Å². The Kier molecular flexibility index (Phi) is 5.23. The summed E-state index contributed by atoms with van der Waals surface area (Å²) >= 11 is 0. The zero-order chi connectivity index (χ0) is 17.8. The fourth-order valence-corrected chi connectivity index (χ4v) is 3.13. The van der Waals surface area contributed by atoms with Crippen molar-refractivity contribution in [2.24, 2.45) is 7.05 Å². The smallest absolute Gasteiger partial charge is 0.246 e. The topological polar surface area (TPSA) is 67.2 Å². The number of likely N-dealkylation sites (tertiary alicyclic amines) is 1. The summed E-state index contributed by atoms with van der Waals surface area (Å²) in [5.41, 5.74) is 1.57. The number of aromatic nitrogens is 4. The molecule has 1 amide bonds. The summed E-state index contributed by atoms with van der Waals surface area (Å²) < 4.78 is 1.92. The zero-order valence-electron chi connectivity index (χ0n) is 15.0. The van der Waals surface area contributed by atoms with Crippen LogP contribution in [0.5, 0.6) is 0 Å². The number of imidazole rings is 1. The standard InChI is InChI=1S/C18H24N6O/c1-22(2)11-5-7-15(25)24-12-4-6-14(24)16-17(20-9-8-19-16)18-21-10-13-23(18)3/h5,7-10,13-14H,4,6,11-12H2,1-3H3/b7-5+. The number of amides is 1. The molecule has 0 saturated carbocycles. The van der Waals surface area contributed by atoms with E-state index in [4.69, 9.17) is 0 Å². The molecule has 0 radical (unpaired) electrons. The van der Waals surface area contributed by atoms with Gasteiger partial charge in [-0.15, -0.1) is 0 Å². The number of hydrogen-bond donors (Lipinski definition) is 0. The molecule has 7 heteroatoms. The highest BCUT2D eigenvalue weighted by molar-refractivity contribution is 5.88. The number of carbonyl (C=O) groups excluding carboxylic acids is 1. The molecule has 0 aliphatic carbocycles. The van der Waals surface area contributed by atoms with Crippen molar-refractivity contribution in [1.82, 2.24) is 29.3 Å². The Morgan fingerprint density at radius 1 is 1.28 bits per heavy atom. The second kappa shape index (κ2) is 7.57. The lowest BCUT2D eigenvalue weighted by Crippen LogP contribution is -2.30. The van der Waals surface area contributed by atoms with Crippen molar-refractivity contribution in [2.75, 3.05) is 27.2 Å². The van der Waals surface area contributed by atoms with Crippen LogP contribution in [-0.4, -0.2) is 62.4 Å². The summed E-state index contributed by atoms with van der Waals surface area (Å²) in [7, 11) is 5.89. The zero-order valence-corrected chi connectivity index (χ0v) is 15.0. The number of likely N-dealkylation sites (N-methyl/N-ethyl adjacent to an activating group) is 1. The van der Waals surface area contributed by atoms with Crippen LogP contribution in [0.4, 0.5) is 0 Å². The fourth-order valence-electron chi connectivity index (χ4n) is 3.13. The molecule has 7 nitrogen and oxygen atoms in total. The van der Waals surface area contributed by atoms with Gasteiger partial charge < -0.3 is 14.4 Å². The molecule has 2 aromatic rings. The van der Waals surface area contributed by atoms with Gasteiger partial charge in [-0.2, -0.15) is 0 Å². The number of carbonyl (C=O) groups is 1. The molecule has 1 aliphatic rings. The van der Waals surface area contributed by atoms with E-state index < -0.39 is 0 Å². The van der Waals surface area contributed by atoms with Gasteiger partial charge in [0.2, 0.25) is 5.91 Å². The lowest BCUT2D eigenvalue weighted by atomic mass is 10.1. The molecule has 1 saturated heterocycles. The first kappa shape index (κ1) is 17.3. The number of nitrogens with zero attached hydrogens (tertiary/aromatic N) is 6. The number of rotatable bonds is 5. The summed E-state index contributed by atoms with van der Waals surface area (Å²) in [6.07, 6.45) is 12.4. The van der Waals surface area contributed by atoms with Gasteiger partial charge in [-0.3, -0.25) is 9.78 Å². The minimum Gasteiger partial charge on any atom is -0.333 e. The Labute approximate surface area is 148 Å². The average Bonchev–Trinajstić information content (AvgIpc) is 3.23. The Balaban J connectivity index is 1.87. The maximum atomic E-state index is 12.6. The van der Waals surface area contributed by atoms with Gasteiger partial charge in [0.1, 0.15) is 5.69 Å². The molecule has 1 aliphatic heterocycles. The van der Waals surface area contributed by atoms with E-state index in [-0.39, 0.29) is 11.9 Å². The molecule has 25 heavy (non-hydrogen) atoms. The molecule has 0 aromatic carbocycles. The number of aryl methyl sites for hydroxylation is 1. The van der Waals surface area contributed by atoms with Crippen LogP contribution in [-0.2, 0) is 11.8 Å². The van der Waals surface area contributed by atoms with Crippen LogP contribution in [0.25, 0.3) is 11.5 Å². The highest BCUT2D eigenvalue weighted by atomic mass is 16.2. The Bertz CT molecular complexity index is 766. The van der Waals surface area contributed by atoms with E-state index in [1.165, 1.54) is 0 Å². The predicted octanol–water partition coefficient (Wildman–Crippen LogP) is 1.66. The van der Waals surface area contributed by atoms with Crippen LogP contribution in [0.2, 0.25) is 0 Å². The van der Waals surface area contributed by atoms with Crippen molar-refractivity contribution in [3.63, 3.8) is 0 Å². The molecule has 1 unspecified atom stereocenters. The summed E-state index contributed by atoms with van der Waals surface area (Å²) in [5.74, 6) is 0.798. The van der Waals surface area contributed by atoms with E-state index in [0.29, 0.717) is 0 Å². The quantitative estimate of drug-likeness (QED) is 0.775. The van der Waals surface area contributed by atoms with Gasteiger partial charge in [-0.25, -0.2) is 9.97 Å². The third-order valence-electron chi connectivity index (χ3n) is 4.34. The van der Waals surface area contributed by atoms with Crippen molar-refractivity contribution in [3.8, 4) is 11.5 Å². The van der Waals surface area contributed by atoms with Crippen molar-refractivity contribution in [1.29, 1.82) is 0 Å². The summed E-state index contributed by atoms with van der Waals surface area (Å²) in [6.45, 7) is 1.49. The fraction of sp³-hybridized carbons (Fsp3) is 0.444. The maximum absolute atomic E-state index is 12.6. The Morgan fingerprint density at radius 2 is 2.08 bits per heavy atom. The van der Waals surface area contributed by atoms with Gasteiger partial charge in [0.15, 0.2) is 5.82 Å². The summed E-state index contributed by atoms with van der Waals surface area (Å²) in [6, 6.07) is -0.0584. The van der Waals surface area contributed by atoms with Gasteiger partial charge in [0.05, 0.1) is 11.7 Å². The largest absolute Gasteiger partial charge is 0.333 e. The molecule has 0 spiro atoms. The van der Waals surface area contributed by atoms with Crippen LogP contribution < -0.4 is 0 Å². The predicted molar refractivity (Wildman–Crippen MR) is 95.6 cm³/mol. The highest BCUT2D eigenvalue weighted by Gasteiger charge is 2.32. The molecule has 3 heterocycles. The first-order chi connectivity index (χ1) is 12.1. The molecule has 2 aromatic heterocycles. The summed E-state index contributed by atoms with van der Waals surface area (Å²) in [5, 5.41) is 0. The van der Waals surface area contributed by atoms with Crippen LogP contribution >= 0.6 is 0 Å². The van der Waals surface area contributed by atoms with E-state index in [9.17, 15) is 4.79 Å². The minimum absolute atomic E-state index is 0.0285. The molecule has 3 rings (SSSR count). The molecule has 1 fully saturated rings. The van der Waals surface area contributed by atoms with E-state index in [2.05, 4.69) is 15.0 Å². The maximum Gasteiger partial charge on any atom is 0.246 e. The minimum atomic E-state index is -0.0584. The molecule has 0 N–H and O–H groups in total. The number of hydrogen-bond acceptors (Lipinski definition) is 5. The molecule has 1 atom stereocenters. The first-order valence-electron chi connectivity index (χ1n) is 8.48. The van der Waals surface area contributed by atoms with Crippen LogP contribution in [0.1, 0.15) is 24.6 Å². The van der Waals surface area contributed by atoms with Crippen LogP contribution in [0, 0.1) is 0 Å². The van der Waals surface area contributed by atoms with Gasteiger partial charge in [0, 0.05) is 51.0 Å². The lowest BCUT2D eigenvalue weighted by Gasteiger charge is -2.24. The SMILES string of the molecule is CN(C)C/C=C/C(=O)N1CCCC1c1nccnc1-c1nccn1C. The van der Waals surface area contributed by atoms with Crippen LogP contribution in [0.3, 0.4) is 0 Å². The van der Waals surface area contributed by atoms with Crippen molar-refractivity contribution in [2.45, 2.75) is 18.9 Å². The third kappa shape index (κ3) is 3.76.